The fourth-order valence-corrected chi connectivity index (χ4v) is 4.73. The first-order valence-corrected chi connectivity index (χ1v) is 8.15. The molecule has 2 aliphatic rings. The second-order valence-electron chi connectivity index (χ2n) is 5.87. The van der Waals surface area contributed by atoms with Gasteiger partial charge < -0.3 is 9.84 Å². The van der Waals surface area contributed by atoms with Crippen molar-refractivity contribution in [3.05, 3.63) is 17.5 Å². The van der Waals surface area contributed by atoms with Gasteiger partial charge >= 0.3 is 0 Å². The van der Waals surface area contributed by atoms with E-state index in [1.54, 1.807) is 0 Å². The Labute approximate surface area is 118 Å². The Hall–Kier alpha value is -0.520. The molecule has 0 saturated carbocycles. The molecule has 4 nitrogen and oxygen atoms in total. The maximum Gasteiger partial charge on any atom is 0.0986 e. The highest BCUT2D eigenvalue weighted by Gasteiger charge is 2.42. The molecule has 1 N–H and O–H groups in total. The lowest BCUT2D eigenvalue weighted by Crippen LogP contribution is -2.41. The summed E-state index contributed by atoms with van der Waals surface area (Å²) in [5, 5.41) is 15.0. The zero-order chi connectivity index (χ0) is 13.5. The molecule has 2 fully saturated rings. The third-order valence-electron chi connectivity index (χ3n) is 4.39. The van der Waals surface area contributed by atoms with Crippen molar-refractivity contribution < 1.29 is 9.84 Å². The van der Waals surface area contributed by atoms with Crippen LogP contribution in [0.15, 0.2) is 6.07 Å². The fraction of sp³-hybridized carbons (Fsp3) is 0.786. The second kappa shape index (κ2) is 5.11. The Bertz CT molecular complexity index is 454. The van der Waals surface area contributed by atoms with Crippen LogP contribution in [0.1, 0.15) is 36.8 Å². The molecule has 2 saturated heterocycles. The van der Waals surface area contributed by atoms with Gasteiger partial charge in [-0.05, 0) is 43.9 Å². The molecule has 0 bridgehead atoms. The third kappa shape index (κ3) is 2.56. The number of hydrogen-bond acceptors (Lipinski definition) is 4. The molecule has 106 valence electrons. The van der Waals surface area contributed by atoms with Crippen molar-refractivity contribution in [2.75, 3.05) is 18.1 Å². The smallest absolute Gasteiger partial charge is 0.0986 e. The minimum absolute atomic E-state index is 0.0300. The zero-order valence-electron chi connectivity index (χ0n) is 11.6. The van der Waals surface area contributed by atoms with Crippen LogP contribution in [0.25, 0.3) is 0 Å². The number of thioether (sulfide) groups is 1. The lowest BCUT2D eigenvalue weighted by atomic mass is 9.81. The van der Waals surface area contributed by atoms with Crippen LogP contribution in [0.4, 0.5) is 0 Å². The van der Waals surface area contributed by atoms with Crippen molar-refractivity contribution in [1.82, 2.24) is 9.78 Å². The minimum atomic E-state index is -0.419. The van der Waals surface area contributed by atoms with E-state index in [1.807, 2.05) is 36.5 Å². The second-order valence-corrected chi connectivity index (χ2v) is 6.97. The van der Waals surface area contributed by atoms with Gasteiger partial charge in [-0.25, -0.2) is 0 Å². The predicted molar refractivity (Wildman–Crippen MR) is 76.3 cm³/mol. The van der Waals surface area contributed by atoms with Crippen LogP contribution in [0.5, 0.6) is 0 Å². The van der Waals surface area contributed by atoms with Gasteiger partial charge in [0, 0.05) is 19.4 Å². The van der Waals surface area contributed by atoms with E-state index in [9.17, 15) is 5.11 Å². The summed E-state index contributed by atoms with van der Waals surface area (Å²) < 4.78 is 7.83. The number of aliphatic hydroxyl groups excluding tert-OH is 1. The number of hydrogen-bond donors (Lipinski definition) is 1. The lowest BCUT2D eigenvalue weighted by molar-refractivity contribution is -0.103. The molecule has 0 aromatic carbocycles. The molecule has 0 aliphatic carbocycles. The van der Waals surface area contributed by atoms with Crippen molar-refractivity contribution in [2.45, 2.75) is 37.9 Å². The molecule has 3 atom stereocenters. The molecule has 2 aliphatic heterocycles. The summed E-state index contributed by atoms with van der Waals surface area (Å²) in [4.78, 5) is 0. The van der Waals surface area contributed by atoms with Crippen LogP contribution in [0, 0.1) is 12.8 Å². The number of aliphatic hydroxyl groups is 1. The number of rotatable bonds is 2. The summed E-state index contributed by atoms with van der Waals surface area (Å²) in [5.41, 5.74) is 1.93. The van der Waals surface area contributed by atoms with Crippen LogP contribution in [-0.2, 0) is 11.8 Å². The highest BCUT2D eigenvalue weighted by Crippen LogP contribution is 2.43. The first kappa shape index (κ1) is 13.5. The molecular formula is C14H22N2O2S. The molecule has 1 aromatic heterocycles. The standard InChI is InChI=1S/C14H22N2O2S/c1-10-7-12(16(2)15-10)13(17)11-3-5-18-14(8-11)4-6-19-9-14/h7,11,13,17H,3-6,8-9H2,1-2H3. The largest absolute Gasteiger partial charge is 0.387 e. The van der Waals surface area contributed by atoms with E-state index in [0.29, 0.717) is 5.92 Å². The van der Waals surface area contributed by atoms with E-state index in [0.717, 1.165) is 43.0 Å². The summed E-state index contributed by atoms with van der Waals surface area (Å²) in [6.07, 6.45) is 2.63. The molecule has 19 heavy (non-hydrogen) atoms. The van der Waals surface area contributed by atoms with Gasteiger partial charge in [-0.15, -0.1) is 0 Å². The maximum atomic E-state index is 10.7. The lowest BCUT2D eigenvalue weighted by Gasteiger charge is -2.39. The highest BCUT2D eigenvalue weighted by molar-refractivity contribution is 7.99. The van der Waals surface area contributed by atoms with Crippen LogP contribution in [-0.4, -0.2) is 38.6 Å². The van der Waals surface area contributed by atoms with E-state index < -0.39 is 6.10 Å². The molecular weight excluding hydrogens is 260 g/mol. The quantitative estimate of drug-likeness (QED) is 0.902. The summed E-state index contributed by atoms with van der Waals surface area (Å²) in [7, 11) is 1.91. The normalized spacial score (nSPS) is 32.9. The van der Waals surface area contributed by atoms with E-state index in [1.165, 1.54) is 5.75 Å². The predicted octanol–water partition coefficient (Wildman–Crippen LogP) is 2.06. The molecule has 5 heteroatoms. The van der Waals surface area contributed by atoms with Crippen molar-refractivity contribution in [3.8, 4) is 0 Å². The molecule has 3 unspecified atom stereocenters. The van der Waals surface area contributed by atoms with Gasteiger partial charge in [0.05, 0.1) is 23.1 Å². The van der Waals surface area contributed by atoms with E-state index in [4.69, 9.17) is 4.74 Å². The van der Waals surface area contributed by atoms with Crippen LogP contribution < -0.4 is 0 Å². The van der Waals surface area contributed by atoms with Crippen LogP contribution in [0.2, 0.25) is 0 Å². The van der Waals surface area contributed by atoms with Gasteiger partial charge in [-0.1, -0.05) is 0 Å². The number of nitrogens with zero attached hydrogens (tertiary/aromatic N) is 2. The van der Waals surface area contributed by atoms with Crippen molar-refractivity contribution in [1.29, 1.82) is 0 Å². The van der Waals surface area contributed by atoms with Crippen LogP contribution >= 0.6 is 11.8 Å². The van der Waals surface area contributed by atoms with E-state index in [-0.39, 0.29) is 5.60 Å². The maximum absolute atomic E-state index is 10.7. The first-order valence-electron chi connectivity index (χ1n) is 7.00. The number of ether oxygens (including phenoxy) is 1. The summed E-state index contributed by atoms with van der Waals surface area (Å²) in [5.74, 6) is 2.57. The minimum Gasteiger partial charge on any atom is -0.387 e. The molecule has 0 radical (unpaired) electrons. The summed E-state index contributed by atoms with van der Waals surface area (Å²) in [6, 6.07) is 2.00. The Morgan fingerprint density at radius 2 is 2.47 bits per heavy atom. The van der Waals surface area contributed by atoms with Crippen molar-refractivity contribution in [2.24, 2.45) is 13.0 Å². The Morgan fingerprint density at radius 3 is 3.11 bits per heavy atom. The molecule has 3 rings (SSSR count). The monoisotopic (exact) mass is 282 g/mol. The van der Waals surface area contributed by atoms with E-state index >= 15 is 0 Å². The SMILES string of the molecule is Cc1cc(C(O)C2CCOC3(CCSC3)C2)n(C)n1. The van der Waals surface area contributed by atoms with Crippen LogP contribution in [0.3, 0.4) is 0 Å². The average Bonchev–Trinajstić information content (AvgIpc) is 2.96. The topological polar surface area (TPSA) is 47.3 Å². The van der Waals surface area contributed by atoms with Crippen molar-refractivity contribution in [3.63, 3.8) is 0 Å². The van der Waals surface area contributed by atoms with Gasteiger partial charge in [0.15, 0.2) is 0 Å². The third-order valence-corrected chi connectivity index (χ3v) is 5.61. The average molecular weight is 282 g/mol. The van der Waals surface area contributed by atoms with Gasteiger partial charge in [0.1, 0.15) is 0 Å². The fourth-order valence-electron chi connectivity index (χ4n) is 3.35. The Kier molecular flexibility index (Phi) is 3.62. The van der Waals surface area contributed by atoms with E-state index in [2.05, 4.69) is 5.10 Å². The van der Waals surface area contributed by atoms with Crippen molar-refractivity contribution >= 4 is 11.8 Å². The molecule has 0 amide bonds. The highest BCUT2D eigenvalue weighted by atomic mass is 32.2. The van der Waals surface area contributed by atoms with Gasteiger partial charge in [-0.3, -0.25) is 4.68 Å². The van der Waals surface area contributed by atoms with Gasteiger partial charge in [0.25, 0.3) is 0 Å². The molecule has 3 heterocycles. The molecule has 1 spiro atoms. The first-order chi connectivity index (χ1) is 9.10. The summed E-state index contributed by atoms with van der Waals surface area (Å²) >= 11 is 1.97. The number of aromatic nitrogens is 2. The van der Waals surface area contributed by atoms with Gasteiger partial charge in [0.2, 0.25) is 0 Å². The molecule has 1 aromatic rings. The zero-order valence-corrected chi connectivity index (χ0v) is 12.4. The Morgan fingerprint density at radius 1 is 1.63 bits per heavy atom. The Balaban J connectivity index is 1.76. The number of aryl methyl sites for hydroxylation is 2. The summed E-state index contributed by atoms with van der Waals surface area (Å²) in [6.45, 7) is 2.74. The van der Waals surface area contributed by atoms with Gasteiger partial charge in [-0.2, -0.15) is 16.9 Å².